The molecule has 2 aromatic carbocycles. The Bertz CT molecular complexity index is 1540. The molecule has 2 heterocycles. The minimum atomic E-state index is -0.725. The molecule has 4 rings (SSSR count). The van der Waals surface area contributed by atoms with E-state index < -0.39 is 12.6 Å². The highest BCUT2D eigenvalue weighted by Gasteiger charge is 2.22. The van der Waals surface area contributed by atoms with Crippen LogP contribution in [-0.2, 0) is 11.3 Å². The van der Waals surface area contributed by atoms with Crippen molar-refractivity contribution in [1.82, 2.24) is 14.3 Å². The highest BCUT2D eigenvalue weighted by molar-refractivity contribution is 6.04. The second kappa shape index (κ2) is 10.9. The second-order valence-corrected chi connectivity index (χ2v) is 9.52. The molecule has 7 heteroatoms. The molecule has 0 bridgehead atoms. The molecule has 0 aliphatic carbocycles. The number of fused-ring (bicyclic) bond motifs is 1. The molecule has 37 heavy (non-hydrogen) atoms. The Morgan fingerprint density at radius 2 is 1.65 bits per heavy atom. The van der Waals surface area contributed by atoms with E-state index in [0.717, 1.165) is 36.3 Å². The molecule has 0 spiro atoms. The Kier molecular flexibility index (Phi) is 7.71. The summed E-state index contributed by atoms with van der Waals surface area (Å²) >= 11 is 0. The minimum Gasteiger partial charge on any atom is -0.452 e. The zero-order valence-corrected chi connectivity index (χ0v) is 22.1. The highest BCUT2D eigenvalue weighted by atomic mass is 16.5. The summed E-state index contributed by atoms with van der Waals surface area (Å²) in [4.78, 5) is 39.1. The third kappa shape index (κ3) is 5.26. The lowest BCUT2D eigenvalue weighted by Crippen LogP contribution is -2.27. The van der Waals surface area contributed by atoms with Crippen LogP contribution in [0.2, 0.25) is 0 Å². The highest BCUT2D eigenvalue weighted by Crippen LogP contribution is 2.23. The average molecular weight is 500 g/mol. The van der Waals surface area contributed by atoms with Crippen LogP contribution < -0.4 is 5.56 Å². The van der Waals surface area contributed by atoms with Gasteiger partial charge in [0.25, 0.3) is 5.56 Å². The number of carbonyl (C=O) groups is 2. The van der Waals surface area contributed by atoms with Crippen LogP contribution in [0.15, 0.2) is 53.3 Å². The van der Waals surface area contributed by atoms with Crippen molar-refractivity contribution in [2.45, 2.75) is 60.4 Å². The third-order valence-corrected chi connectivity index (χ3v) is 6.85. The Morgan fingerprint density at radius 1 is 0.919 bits per heavy atom. The summed E-state index contributed by atoms with van der Waals surface area (Å²) in [6, 6.07) is 14.9. The Labute approximate surface area is 216 Å². The first-order chi connectivity index (χ1) is 17.7. The van der Waals surface area contributed by atoms with Crippen molar-refractivity contribution in [3.8, 4) is 5.69 Å². The van der Waals surface area contributed by atoms with Crippen LogP contribution in [0.1, 0.15) is 69.5 Å². The van der Waals surface area contributed by atoms with Gasteiger partial charge in [-0.2, -0.15) is 5.10 Å². The number of aromatic nitrogens is 3. The molecule has 0 aliphatic heterocycles. The van der Waals surface area contributed by atoms with Crippen molar-refractivity contribution >= 4 is 22.5 Å². The van der Waals surface area contributed by atoms with Gasteiger partial charge in [0.05, 0.1) is 5.39 Å². The number of esters is 1. The maximum absolute atomic E-state index is 13.1. The van der Waals surface area contributed by atoms with Gasteiger partial charge in [-0.1, -0.05) is 44.0 Å². The van der Waals surface area contributed by atoms with Crippen LogP contribution >= 0.6 is 0 Å². The molecule has 0 amide bonds. The molecule has 0 fully saturated rings. The van der Waals surface area contributed by atoms with Gasteiger partial charge < -0.3 is 9.30 Å². The number of carbonyl (C=O) groups excluding carboxylic acids is 2. The molecule has 4 aromatic rings. The van der Waals surface area contributed by atoms with Gasteiger partial charge in [-0.25, -0.2) is 9.48 Å². The lowest BCUT2D eigenvalue weighted by atomic mass is 10.1. The van der Waals surface area contributed by atoms with Crippen LogP contribution in [0, 0.1) is 27.7 Å². The van der Waals surface area contributed by atoms with Gasteiger partial charge in [-0.3, -0.25) is 9.59 Å². The largest absolute Gasteiger partial charge is 0.452 e. The average Bonchev–Trinajstić information content (AvgIpc) is 3.19. The van der Waals surface area contributed by atoms with Crippen molar-refractivity contribution in [2.75, 3.05) is 6.61 Å². The molecule has 0 saturated heterocycles. The maximum Gasteiger partial charge on any atom is 0.359 e. The van der Waals surface area contributed by atoms with Gasteiger partial charge in [0.1, 0.15) is 0 Å². The molecular formula is C30H33N3O4. The fraction of sp³-hybridized carbons (Fsp3) is 0.333. The van der Waals surface area contributed by atoms with Crippen LogP contribution in [0.5, 0.6) is 0 Å². The van der Waals surface area contributed by atoms with Gasteiger partial charge in [-0.05, 0) is 69.5 Å². The van der Waals surface area contributed by atoms with Crippen molar-refractivity contribution in [2.24, 2.45) is 0 Å². The van der Waals surface area contributed by atoms with Crippen molar-refractivity contribution < 1.29 is 14.3 Å². The number of Topliss-reactive ketones (excluding diaryl/α,β-unsaturated/α-hetero) is 1. The normalized spacial score (nSPS) is 11.2. The molecular weight excluding hydrogens is 466 g/mol. The number of nitrogens with zero attached hydrogens (tertiary/aromatic N) is 3. The van der Waals surface area contributed by atoms with E-state index in [2.05, 4.69) is 38.0 Å². The molecule has 0 radical (unpaired) electrons. The Balaban J connectivity index is 1.58. The topological polar surface area (TPSA) is 83.2 Å². The number of hydrogen-bond donors (Lipinski definition) is 0. The van der Waals surface area contributed by atoms with Crippen molar-refractivity contribution in [3.05, 3.63) is 92.7 Å². The molecule has 0 N–H and O–H groups in total. The SMILES string of the molecule is CCCCCn1nc(C(=O)OCC(=O)c2cc(C)n(-c3ccc(C)c(C)c3)c2C)c2ccccc2c1=O. The zero-order chi connectivity index (χ0) is 26.7. The van der Waals surface area contributed by atoms with Gasteiger partial charge >= 0.3 is 5.97 Å². The predicted octanol–water partition coefficient (Wildman–Crippen LogP) is 5.65. The zero-order valence-electron chi connectivity index (χ0n) is 22.1. The fourth-order valence-electron chi connectivity index (χ4n) is 4.63. The van der Waals surface area contributed by atoms with Crippen LogP contribution in [0.3, 0.4) is 0 Å². The summed E-state index contributed by atoms with van der Waals surface area (Å²) in [5.41, 5.74) is 5.37. The lowest BCUT2D eigenvalue weighted by Gasteiger charge is -2.12. The van der Waals surface area contributed by atoms with E-state index in [1.165, 1.54) is 15.8 Å². The summed E-state index contributed by atoms with van der Waals surface area (Å²) in [7, 11) is 0. The number of ketones is 1. The second-order valence-electron chi connectivity index (χ2n) is 9.52. The van der Waals surface area contributed by atoms with Gasteiger partial charge in [0.2, 0.25) is 5.78 Å². The molecule has 0 saturated carbocycles. The molecule has 192 valence electrons. The summed E-state index contributed by atoms with van der Waals surface area (Å²) in [6.45, 7) is 10.0. The van der Waals surface area contributed by atoms with E-state index in [4.69, 9.17) is 4.74 Å². The molecule has 7 nitrogen and oxygen atoms in total. The first-order valence-electron chi connectivity index (χ1n) is 12.7. The molecule has 0 atom stereocenters. The van der Waals surface area contributed by atoms with Gasteiger partial charge in [0, 0.05) is 34.6 Å². The number of ether oxygens (including phenoxy) is 1. The number of unbranched alkanes of at least 4 members (excludes halogenated alkanes) is 2. The van der Waals surface area contributed by atoms with Crippen LogP contribution in [0.25, 0.3) is 16.5 Å². The monoisotopic (exact) mass is 499 g/mol. The predicted molar refractivity (Wildman–Crippen MR) is 145 cm³/mol. The first-order valence-corrected chi connectivity index (χ1v) is 12.7. The van der Waals surface area contributed by atoms with Crippen molar-refractivity contribution in [1.29, 1.82) is 0 Å². The summed E-state index contributed by atoms with van der Waals surface area (Å²) in [5.74, 6) is -1.02. The van der Waals surface area contributed by atoms with Crippen LogP contribution in [0.4, 0.5) is 0 Å². The third-order valence-electron chi connectivity index (χ3n) is 6.85. The minimum absolute atomic E-state index is 0.0418. The Hall–Kier alpha value is -4.00. The lowest BCUT2D eigenvalue weighted by molar-refractivity contribution is 0.0468. The Morgan fingerprint density at radius 3 is 2.35 bits per heavy atom. The van der Waals surface area contributed by atoms with E-state index in [-0.39, 0.29) is 17.0 Å². The molecule has 0 aliphatic rings. The number of rotatable bonds is 9. The van der Waals surface area contributed by atoms with E-state index in [0.29, 0.717) is 22.9 Å². The quantitative estimate of drug-likeness (QED) is 0.169. The molecule has 0 unspecified atom stereocenters. The maximum atomic E-state index is 13.1. The van der Waals surface area contributed by atoms with E-state index in [1.807, 2.05) is 30.5 Å². The van der Waals surface area contributed by atoms with Gasteiger partial charge in [-0.15, -0.1) is 0 Å². The fourth-order valence-corrected chi connectivity index (χ4v) is 4.63. The standard InChI is InChI=1S/C30H33N3O4/c1-6-7-10-15-32-29(35)25-12-9-8-11-24(25)28(31-32)30(36)37-18-27(34)26-17-21(4)33(22(26)5)23-14-13-19(2)20(3)16-23/h8-9,11-14,16-17H,6-7,10,15,18H2,1-5H3. The van der Waals surface area contributed by atoms with E-state index in [1.54, 1.807) is 24.3 Å². The van der Waals surface area contributed by atoms with E-state index in [9.17, 15) is 14.4 Å². The first kappa shape index (κ1) is 26.1. The van der Waals surface area contributed by atoms with E-state index >= 15 is 0 Å². The smallest absolute Gasteiger partial charge is 0.359 e. The molecule has 2 aromatic heterocycles. The number of benzene rings is 2. The van der Waals surface area contributed by atoms with Crippen molar-refractivity contribution in [3.63, 3.8) is 0 Å². The van der Waals surface area contributed by atoms with Gasteiger partial charge in [0.15, 0.2) is 12.3 Å². The number of hydrogen-bond acceptors (Lipinski definition) is 5. The summed E-state index contributed by atoms with van der Waals surface area (Å²) < 4.78 is 8.80. The number of aryl methyl sites for hydroxylation is 4. The van der Waals surface area contributed by atoms with Crippen LogP contribution in [-0.4, -0.2) is 32.7 Å². The summed E-state index contributed by atoms with van der Waals surface area (Å²) in [6.07, 6.45) is 2.74. The summed E-state index contributed by atoms with van der Waals surface area (Å²) in [5, 5.41) is 5.16.